The van der Waals surface area contributed by atoms with Crippen molar-refractivity contribution in [3.63, 3.8) is 0 Å². The van der Waals surface area contributed by atoms with Gasteiger partial charge in [0.2, 0.25) is 5.91 Å². The third-order valence-electron chi connectivity index (χ3n) is 4.20. The van der Waals surface area contributed by atoms with Gasteiger partial charge in [0.25, 0.3) is 0 Å². The summed E-state index contributed by atoms with van der Waals surface area (Å²) in [5.74, 6) is 0.355. The second kappa shape index (κ2) is 7.01. The minimum atomic E-state index is 0.0329. The lowest BCUT2D eigenvalue weighted by atomic mass is 9.95. The molecule has 1 aromatic carbocycles. The molecule has 0 bridgehead atoms. The van der Waals surface area contributed by atoms with E-state index in [1.54, 1.807) is 12.2 Å². The molecule has 0 saturated carbocycles. The summed E-state index contributed by atoms with van der Waals surface area (Å²) in [5, 5.41) is 5.13. The van der Waals surface area contributed by atoms with E-state index < -0.39 is 0 Å². The standard InChI is InChI=1S/C18H20ClN3O/c1-21-12-10-17(20-21)15-6-4-11-22(13-15)18(23)9-8-14-5-2-3-7-16(14)19/h2-3,5,7-10,12,15H,4,6,11,13H2,1H3/b9-8+/t15-/m0/s1. The number of carbonyl (C=O) groups is 1. The first-order chi connectivity index (χ1) is 11.1. The van der Waals surface area contributed by atoms with Crippen LogP contribution in [-0.2, 0) is 11.8 Å². The van der Waals surface area contributed by atoms with Gasteiger partial charge in [0.15, 0.2) is 0 Å². The molecule has 3 rings (SSSR count). The summed E-state index contributed by atoms with van der Waals surface area (Å²) in [7, 11) is 1.92. The summed E-state index contributed by atoms with van der Waals surface area (Å²) in [5.41, 5.74) is 1.93. The molecule has 5 heteroatoms. The molecule has 1 amide bonds. The van der Waals surface area contributed by atoms with Crippen molar-refractivity contribution in [3.8, 4) is 0 Å². The largest absolute Gasteiger partial charge is 0.338 e. The first kappa shape index (κ1) is 15.8. The summed E-state index contributed by atoms with van der Waals surface area (Å²) in [6, 6.07) is 9.55. The van der Waals surface area contributed by atoms with Crippen molar-refractivity contribution >= 4 is 23.6 Å². The van der Waals surface area contributed by atoms with Crippen LogP contribution in [0.5, 0.6) is 0 Å². The Morgan fingerprint density at radius 1 is 1.35 bits per heavy atom. The summed E-state index contributed by atoms with van der Waals surface area (Å²) < 4.78 is 1.81. The molecule has 4 nitrogen and oxygen atoms in total. The van der Waals surface area contributed by atoms with Gasteiger partial charge in [0.05, 0.1) is 5.69 Å². The van der Waals surface area contributed by atoms with Gasteiger partial charge in [-0.05, 0) is 36.6 Å². The van der Waals surface area contributed by atoms with Gasteiger partial charge in [0, 0.05) is 43.4 Å². The smallest absolute Gasteiger partial charge is 0.246 e. The molecule has 2 aromatic rings. The second-order valence-corrected chi connectivity index (χ2v) is 6.30. The van der Waals surface area contributed by atoms with Crippen molar-refractivity contribution in [3.05, 3.63) is 58.9 Å². The maximum atomic E-state index is 12.4. The number of aromatic nitrogens is 2. The average molecular weight is 330 g/mol. The molecule has 1 aliphatic heterocycles. The van der Waals surface area contributed by atoms with E-state index in [1.807, 2.05) is 53.2 Å². The number of nitrogens with zero attached hydrogens (tertiary/aromatic N) is 3. The first-order valence-corrected chi connectivity index (χ1v) is 8.22. The summed E-state index contributed by atoms with van der Waals surface area (Å²) in [6.07, 6.45) is 7.44. The molecule has 1 aromatic heterocycles. The number of piperidine rings is 1. The molecular weight excluding hydrogens is 310 g/mol. The fourth-order valence-electron chi connectivity index (χ4n) is 2.95. The van der Waals surface area contributed by atoms with Crippen LogP contribution in [0.3, 0.4) is 0 Å². The Balaban J connectivity index is 1.66. The number of rotatable bonds is 3. The monoisotopic (exact) mass is 329 g/mol. The molecule has 23 heavy (non-hydrogen) atoms. The van der Waals surface area contributed by atoms with Gasteiger partial charge in [-0.25, -0.2) is 0 Å². The zero-order valence-corrected chi connectivity index (χ0v) is 13.9. The number of carbonyl (C=O) groups excluding carboxylic acids is 1. The first-order valence-electron chi connectivity index (χ1n) is 7.84. The number of likely N-dealkylation sites (tertiary alicyclic amines) is 1. The van der Waals surface area contributed by atoms with Crippen LogP contribution < -0.4 is 0 Å². The van der Waals surface area contributed by atoms with Gasteiger partial charge in [-0.15, -0.1) is 0 Å². The third-order valence-corrected chi connectivity index (χ3v) is 4.54. The number of halogens is 1. The highest BCUT2D eigenvalue weighted by molar-refractivity contribution is 6.32. The summed E-state index contributed by atoms with van der Waals surface area (Å²) in [6.45, 7) is 1.53. The van der Waals surface area contributed by atoms with Crippen molar-refractivity contribution in [1.29, 1.82) is 0 Å². The van der Waals surface area contributed by atoms with Crippen molar-refractivity contribution in [2.45, 2.75) is 18.8 Å². The predicted octanol–water partition coefficient (Wildman–Crippen LogP) is 3.49. The SMILES string of the molecule is Cn1ccc([C@H]2CCCN(C(=O)/C=C/c3ccccc3Cl)C2)n1. The van der Waals surface area contributed by atoms with Gasteiger partial charge < -0.3 is 4.90 Å². The van der Waals surface area contributed by atoms with Gasteiger partial charge in [-0.1, -0.05) is 29.8 Å². The fraction of sp³-hybridized carbons (Fsp3) is 0.333. The van der Waals surface area contributed by atoms with Crippen LogP contribution in [0.15, 0.2) is 42.6 Å². The Morgan fingerprint density at radius 2 is 2.17 bits per heavy atom. The molecule has 1 aliphatic rings. The lowest BCUT2D eigenvalue weighted by Crippen LogP contribution is -2.38. The van der Waals surface area contributed by atoms with E-state index in [-0.39, 0.29) is 5.91 Å². The minimum Gasteiger partial charge on any atom is -0.338 e. The molecule has 0 radical (unpaired) electrons. The van der Waals surface area contributed by atoms with Crippen molar-refractivity contribution in [1.82, 2.24) is 14.7 Å². The lowest BCUT2D eigenvalue weighted by molar-refractivity contribution is -0.127. The van der Waals surface area contributed by atoms with Gasteiger partial charge in [-0.3, -0.25) is 9.48 Å². The molecular formula is C18H20ClN3O. The van der Waals surface area contributed by atoms with Gasteiger partial charge in [-0.2, -0.15) is 5.10 Å². The van der Waals surface area contributed by atoms with E-state index in [0.29, 0.717) is 10.9 Å². The number of amides is 1. The number of aryl methyl sites for hydroxylation is 1. The Bertz CT molecular complexity index is 723. The zero-order valence-electron chi connectivity index (χ0n) is 13.2. The highest BCUT2D eigenvalue weighted by Gasteiger charge is 2.25. The van der Waals surface area contributed by atoms with Crippen molar-refractivity contribution in [2.24, 2.45) is 7.05 Å². The molecule has 2 heterocycles. The fourth-order valence-corrected chi connectivity index (χ4v) is 3.14. The van der Waals surface area contributed by atoms with Crippen LogP contribution in [0.1, 0.15) is 30.0 Å². The summed E-state index contributed by atoms with van der Waals surface area (Å²) in [4.78, 5) is 14.3. The van der Waals surface area contributed by atoms with Crippen LogP contribution in [0, 0.1) is 0 Å². The molecule has 1 saturated heterocycles. The molecule has 120 valence electrons. The van der Waals surface area contributed by atoms with E-state index in [2.05, 4.69) is 5.10 Å². The van der Waals surface area contributed by atoms with Crippen LogP contribution in [0.25, 0.3) is 6.08 Å². The normalized spacial score (nSPS) is 18.5. The van der Waals surface area contributed by atoms with Gasteiger partial charge in [0.1, 0.15) is 0 Å². The van der Waals surface area contributed by atoms with E-state index in [9.17, 15) is 4.79 Å². The average Bonchev–Trinajstić information content (AvgIpc) is 3.00. The highest BCUT2D eigenvalue weighted by atomic mass is 35.5. The summed E-state index contributed by atoms with van der Waals surface area (Å²) >= 11 is 6.11. The maximum Gasteiger partial charge on any atom is 0.246 e. The Morgan fingerprint density at radius 3 is 2.91 bits per heavy atom. The number of benzene rings is 1. The minimum absolute atomic E-state index is 0.0329. The van der Waals surface area contributed by atoms with E-state index in [0.717, 1.165) is 37.2 Å². The second-order valence-electron chi connectivity index (χ2n) is 5.89. The van der Waals surface area contributed by atoms with Crippen LogP contribution >= 0.6 is 11.6 Å². The van der Waals surface area contributed by atoms with E-state index in [4.69, 9.17) is 11.6 Å². The topological polar surface area (TPSA) is 38.1 Å². The van der Waals surface area contributed by atoms with E-state index in [1.165, 1.54) is 0 Å². The quantitative estimate of drug-likeness (QED) is 0.808. The third kappa shape index (κ3) is 3.82. The molecule has 0 unspecified atom stereocenters. The van der Waals surface area contributed by atoms with Gasteiger partial charge >= 0.3 is 0 Å². The van der Waals surface area contributed by atoms with Crippen LogP contribution in [-0.4, -0.2) is 33.7 Å². The molecule has 0 spiro atoms. The highest BCUT2D eigenvalue weighted by Crippen LogP contribution is 2.26. The number of hydrogen-bond acceptors (Lipinski definition) is 2. The predicted molar refractivity (Wildman–Crippen MR) is 92.2 cm³/mol. The molecule has 0 N–H and O–H groups in total. The maximum absolute atomic E-state index is 12.4. The van der Waals surface area contributed by atoms with E-state index >= 15 is 0 Å². The van der Waals surface area contributed by atoms with Crippen LogP contribution in [0.4, 0.5) is 0 Å². The number of hydrogen-bond donors (Lipinski definition) is 0. The van der Waals surface area contributed by atoms with Crippen molar-refractivity contribution < 1.29 is 4.79 Å². The zero-order chi connectivity index (χ0) is 16.2. The Kier molecular flexibility index (Phi) is 4.82. The lowest BCUT2D eigenvalue weighted by Gasteiger charge is -2.31. The molecule has 0 aliphatic carbocycles. The Hall–Kier alpha value is -2.07. The van der Waals surface area contributed by atoms with Crippen molar-refractivity contribution in [2.75, 3.05) is 13.1 Å². The Labute approximate surface area is 141 Å². The molecule has 1 atom stereocenters. The van der Waals surface area contributed by atoms with Crippen LogP contribution in [0.2, 0.25) is 5.02 Å². The molecule has 1 fully saturated rings.